The molecule has 3 rings (SSSR count). The summed E-state index contributed by atoms with van der Waals surface area (Å²) in [6.07, 6.45) is 8.87. The Morgan fingerprint density at radius 3 is 2.50 bits per heavy atom. The van der Waals surface area contributed by atoms with Crippen LogP contribution in [0, 0.1) is 0 Å². The van der Waals surface area contributed by atoms with E-state index in [0.717, 1.165) is 19.6 Å². The van der Waals surface area contributed by atoms with Crippen LogP contribution in [0.25, 0.3) is 6.08 Å². The number of piperidine rings is 1. The molecule has 1 aromatic carbocycles. The van der Waals surface area contributed by atoms with Gasteiger partial charge in [0.25, 0.3) is 0 Å². The van der Waals surface area contributed by atoms with Crippen LogP contribution in [0.2, 0.25) is 0 Å². The fraction of sp³-hybridized carbons (Fsp3) is 0.526. The molecule has 2 aliphatic heterocycles. The molecule has 0 saturated carbocycles. The third-order valence-corrected chi connectivity index (χ3v) is 4.96. The van der Waals surface area contributed by atoms with Crippen molar-refractivity contribution in [2.75, 3.05) is 19.6 Å². The molecule has 2 saturated heterocycles. The Morgan fingerprint density at radius 2 is 1.86 bits per heavy atom. The van der Waals surface area contributed by atoms with E-state index in [1.807, 2.05) is 13.0 Å². The molecule has 2 unspecified atom stereocenters. The zero-order chi connectivity index (χ0) is 15.4. The number of hydrogen-bond donors (Lipinski definition) is 0. The van der Waals surface area contributed by atoms with Gasteiger partial charge in [-0.15, -0.1) is 0 Å². The molecule has 118 valence electrons. The Labute approximate surface area is 133 Å². The summed E-state index contributed by atoms with van der Waals surface area (Å²) < 4.78 is 0. The first-order valence-corrected chi connectivity index (χ1v) is 8.53. The van der Waals surface area contributed by atoms with E-state index in [1.165, 1.54) is 24.8 Å². The Bertz CT molecular complexity index is 511. The van der Waals surface area contributed by atoms with Crippen molar-refractivity contribution in [2.45, 2.75) is 44.7 Å². The average molecular weight is 298 g/mol. The largest absolute Gasteiger partial charge is 0.340 e. The van der Waals surface area contributed by atoms with Crippen molar-refractivity contribution in [1.82, 2.24) is 9.80 Å². The number of likely N-dealkylation sites (tertiary alicyclic amines) is 1. The maximum atomic E-state index is 12.0. The Morgan fingerprint density at radius 1 is 1.18 bits per heavy atom. The molecule has 3 heteroatoms. The number of fused-ring (bicyclic) bond motifs is 2. The van der Waals surface area contributed by atoms with Crippen molar-refractivity contribution in [3.63, 3.8) is 0 Å². The molecule has 0 aliphatic carbocycles. The quantitative estimate of drug-likeness (QED) is 0.852. The summed E-state index contributed by atoms with van der Waals surface area (Å²) in [6.45, 7) is 4.80. The highest BCUT2D eigenvalue weighted by atomic mass is 16.2. The van der Waals surface area contributed by atoms with Crippen molar-refractivity contribution in [2.24, 2.45) is 0 Å². The van der Waals surface area contributed by atoms with Gasteiger partial charge in [-0.2, -0.15) is 0 Å². The van der Waals surface area contributed by atoms with Gasteiger partial charge in [0.05, 0.1) is 0 Å². The normalized spacial score (nSPS) is 25.6. The third-order valence-electron chi connectivity index (χ3n) is 4.96. The minimum atomic E-state index is 0.316. The van der Waals surface area contributed by atoms with E-state index in [0.29, 0.717) is 24.4 Å². The van der Waals surface area contributed by atoms with Gasteiger partial charge in [-0.25, -0.2) is 0 Å². The molecule has 0 aromatic heterocycles. The van der Waals surface area contributed by atoms with Crippen molar-refractivity contribution in [1.29, 1.82) is 0 Å². The van der Waals surface area contributed by atoms with E-state index in [1.54, 1.807) is 0 Å². The van der Waals surface area contributed by atoms with E-state index >= 15 is 0 Å². The summed E-state index contributed by atoms with van der Waals surface area (Å²) in [5.41, 5.74) is 1.26. The Kier molecular flexibility index (Phi) is 4.94. The molecule has 0 radical (unpaired) electrons. The molecule has 1 aromatic rings. The summed E-state index contributed by atoms with van der Waals surface area (Å²) in [7, 11) is 0. The first kappa shape index (κ1) is 15.3. The predicted molar refractivity (Wildman–Crippen MR) is 90.5 cm³/mol. The van der Waals surface area contributed by atoms with Crippen LogP contribution >= 0.6 is 0 Å². The second kappa shape index (κ2) is 7.10. The molecule has 0 N–H and O–H groups in total. The van der Waals surface area contributed by atoms with E-state index in [4.69, 9.17) is 0 Å². The number of benzene rings is 1. The second-order valence-electron chi connectivity index (χ2n) is 6.40. The van der Waals surface area contributed by atoms with Crippen LogP contribution in [0.4, 0.5) is 0 Å². The number of piperazine rings is 1. The fourth-order valence-electron chi connectivity index (χ4n) is 3.79. The molecule has 2 aliphatic rings. The van der Waals surface area contributed by atoms with Gasteiger partial charge < -0.3 is 4.90 Å². The molecule has 2 heterocycles. The SMILES string of the molecule is CCC(=O)N1CC2CCCC(C1)N2C/C=C/c1ccccc1. The Hall–Kier alpha value is -1.61. The first-order chi connectivity index (χ1) is 10.8. The van der Waals surface area contributed by atoms with Gasteiger partial charge >= 0.3 is 0 Å². The van der Waals surface area contributed by atoms with E-state index in [2.05, 4.69) is 46.2 Å². The zero-order valence-corrected chi connectivity index (χ0v) is 13.4. The highest BCUT2D eigenvalue weighted by Crippen LogP contribution is 2.28. The maximum Gasteiger partial charge on any atom is 0.222 e. The first-order valence-electron chi connectivity index (χ1n) is 8.53. The predicted octanol–water partition coefficient (Wildman–Crippen LogP) is 3.18. The van der Waals surface area contributed by atoms with Gasteiger partial charge in [0.15, 0.2) is 0 Å². The third kappa shape index (κ3) is 3.41. The smallest absolute Gasteiger partial charge is 0.222 e. The van der Waals surface area contributed by atoms with Crippen LogP contribution in [0.3, 0.4) is 0 Å². The number of carbonyl (C=O) groups is 1. The summed E-state index contributed by atoms with van der Waals surface area (Å²) in [6, 6.07) is 11.6. The summed E-state index contributed by atoms with van der Waals surface area (Å²) in [5.74, 6) is 0.316. The van der Waals surface area contributed by atoms with Crippen LogP contribution in [0.5, 0.6) is 0 Å². The lowest BCUT2D eigenvalue weighted by Crippen LogP contribution is -2.61. The molecule has 1 amide bonds. The molecular formula is C19H26N2O. The molecule has 2 atom stereocenters. The molecule has 2 fully saturated rings. The molecule has 22 heavy (non-hydrogen) atoms. The van der Waals surface area contributed by atoms with Crippen molar-refractivity contribution in [3.8, 4) is 0 Å². The second-order valence-corrected chi connectivity index (χ2v) is 6.40. The van der Waals surface area contributed by atoms with Crippen LogP contribution in [0.1, 0.15) is 38.2 Å². The molecular weight excluding hydrogens is 272 g/mol. The van der Waals surface area contributed by atoms with Crippen molar-refractivity contribution in [3.05, 3.63) is 42.0 Å². The van der Waals surface area contributed by atoms with Crippen LogP contribution < -0.4 is 0 Å². The molecule has 0 spiro atoms. The summed E-state index contributed by atoms with van der Waals surface area (Å²) in [4.78, 5) is 16.7. The van der Waals surface area contributed by atoms with E-state index in [-0.39, 0.29) is 0 Å². The number of hydrogen-bond acceptors (Lipinski definition) is 2. The maximum absolute atomic E-state index is 12.0. The summed E-state index contributed by atoms with van der Waals surface area (Å²) in [5, 5.41) is 0. The topological polar surface area (TPSA) is 23.6 Å². The van der Waals surface area contributed by atoms with Gasteiger partial charge in [-0.1, -0.05) is 55.8 Å². The van der Waals surface area contributed by atoms with Gasteiger partial charge in [0.1, 0.15) is 0 Å². The van der Waals surface area contributed by atoms with Crippen LogP contribution in [0.15, 0.2) is 36.4 Å². The number of amides is 1. The van der Waals surface area contributed by atoms with Gasteiger partial charge in [-0.05, 0) is 18.4 Å². The molecule has 2 bridgehead atoms. The number of nitrogens with zero attached hydrogens (tertiary/aromatic N) is 2. The minimum absolute atomic E-state index is 0.316. The minimum Gasteiger partial charge on any atom is -0.340 e. The van der Waals surface area contributed by atoms with Crippen molar-refractivity contribution < 1.29 is 4.79 Å². The zero-order valence-electron chi connectivity index (χ0n) is 13.4. The van der Waals surface area contributed by atoms with Gasteiger partial charge in [0.2, 0.25) is 5.91 Å². The van der Waals surface area contributed by atoms with Crippen LogP contribution in [-0.4, -0.2) is 47.4 Å². The van der Waals surface area contributed by atoms with E-state index in [9.17, 15) is 4.79 Å². The monoisotopic (exact) mass is 298 g/mol. The van der Waals surface area contributed by atoms with Crippen molar-refractivity contribution >= 4 is 12.0 Å². The Balaban J connectivity index is 1.62. The standard InChI is InChI=1S/C19H26N2O/c1-2-19(22)20-14-17-11-6-12-18(15-20)21(17)13-7-10-16-8-4-3-5-9-16/h3-5,7-10,17-18H,2,6,11-15H2,1H3/b10-7+. The fourth-order valence-corrected chi connectivity index (χ4v) is 3.79. The van der Waals surface area contributed by atoms with Gasteiger partial charge in [0, 0.05) is 38.1 Å². The lowest BCUT2D eigenvalue weighted by molar-refractivity contribution is -0.136. The number of carbonyl (C=O) groups excluding carboxylic acids is 1. The summed E-state index contributed by atoms with van der Waals surface area (Å²) >= 11 is 0. The highest BCUT2D eigenvalue weighted by molar-refractivity contribution is 5.76. The lowest BCUT2D eigenvalue weighted by Gasteiger charge is -2.50. The highest BCUT2D eigenvalue weighted by Gasteiger charge is 2.37. The number of rotatable bonds is 4. The van der Waals surface area contributed by atoms with E-state index < -0.39 is 0 Å². The lowest BCUT2D eigenvalue weighted by atomic mass is 9.91. The van der Waals surface area contributed by atoms with Crippen LogP contribution in [-0.2, 0) is 4.79 Å². The molecule has 3 nitrogen and oxygen atoms in total. The average Bonchev–Trinajstić information content (AvgIpc) is 2.54. The van der Waals surface area contributed by atoms with Gasteiger partial charge in [-0.3, -0.25) is 9.69 Å².